The van der Waals surface area contributed by atoms with Gasteiger partial charge in [-0.05, 0) is 18.1 Å². The number of aliphatic carboxylic acids is 1. The number of aryl methyl sites for hydroxylation is 1. The normalized spacial score (nSPS) is 12.1. The highest BCUT2D eigenvalue weighted by Crippen LogP contribution is 2.18. The highest BCUT2D eigenvalue weighted by atomic mass is 35.5. The van der Waals surface area contributed by atoms with Gasteiger partial charge in [0.15, 0.2) is 5.38 Å². The molecular weight excluding hydrogens is 216 g/mol. The molecule has 1 aromatic carbocycles. The first-order valence-corrected chi connectivity index (χ1v) is 5.16. The maximum atomic E-state index is 10.5. The second-order valence-corrected chi connectivity index (χ2v) is 3.60. The van der Waals surface area contributed by atoms with Gasteiger partial charge in [0.2, 0.25) is 0 Å². The Morgan fingerprint density at radius 1 is 1.53 bits per heavy atom. The Hall–Kier alpha value is -1.22. The number of carboxylic acids is 1. The van der Waals surface area contributed by atoms with Crippen molar-refractivity contribution in [3.05, 3.63) is 29.8 Å². The van der Waals surface area contributed by atoms with Crippen LogP contribution >= 0.6 is 11.6 Å². The van der Waals surface area contributed by atoms with Crippen LogP contribution in [0.3, 0.4) is 0 Å². The molecule has 0 spiro atoms. The lowest BCUT2D eigenvalue weighted by Crippen LogP contribution is -2.21. The predicted octanol–water partition coefficient (Wildman–Crippen LogP) is 2.32. The summed E-state index contributed by atoms with van der Waals surface area (Å²) < 4.78 is 5.34. The lowest BCUT2D eigenvalue weighted by atomic mass is 10.1. The second-order valence-electron chi connectivity index (χ2n) is 3.08. The fourth-order valence-corrected chi connectivity index (χ4v) is 1.23. The standard InChI is InChI=1S/C11H13ClO3/c1-2-8-5-3-4-6-10(8)15-7-9(12)11(13)14/h3-6,9H,2,7H2,1H3,(H,13,14). The van der Waals surface area contributed by atoms with Crippen LogP contribution in [0.4, 0.5) is 0 Å². The molecule has 1 atom stereocenters. The lowest BCUT2D eigenvalue weighted by Gasteiger charge is -2.11. The van der Waals surface area contributed by atoms with Crippen LogP contribution in [-0.4, -0.2) is 23.1 Å². The molecule has 1 unspecified atom stereocenters. The van der Waals surface area contributed by atoms with Gasteiger partial charge < -0.3 is 9.84 Å². The number of alkyl halides is 1. The number of halogens is 1. The molecule has 3 nitrogen and oxygen atoms in total. The van der Waals surface area contributed by atoms with Crippen molar-refractivity contribution in [2.75, 3.05) is 6.61 Å². The first kappa shape index (κ1) is 11.9. The molecule has 0 aliphatic heterocycles. The Balaban J connectivity index is 2.60. The third kappa shape index (κ3) is 3.44. The first-order valence-electron chi connectivity index (χ1n) is 4.72. The number of ether oxygens (including phenoxy) is 1. The van der Waals surface area contributed by atoms with E-state index >= 15 is 0 Å². The van der Waals surface area contributed by atoms with Crippen LogP contribution in [0.15, 0.2) is 24.3 Å². The molecule has 4 heteroatoms. The quantitative estimate of drug-likeness (QED) is 0.787. The molecule has 1 aromatic rings. The van der Waals surface area contributed by atoms with Crippen LogP contribution in [0.2, 0.25) is 0 Å². The van der Waals surface area contributed by atoms with E-state index in [0.29, 0.717) is 5.75 Å². The fourth-order valence-electron chi connectivity index (χ4n) is 1.17. The fraction of sp³-hybridized carbons (Fsp3) is 0.364. The van der Waals surface area contributed by atoms with Crippen LogP contribution in [0, 0.1) is 0 Å². The van der Waals surface area contributed by atoms with E-state index in [1.807, 2.05) is 31.2 Å². The molecule has 82 valence electrons. The van der Waals surface area contributed by atoms with Crippen LogP contribution in [0.1, 0.15) is 12.5 Å². The van der Waals surface area contributed by atoms with E-state index in [9.17, 15) is 4.79 Å². The number of carboxylic acid groups (broad SMARTS) is 1. The van der Waals surface area contributed by atoms with Crippen LogP contribution in [0.5, 0.6) is 5.75 Å². The Morgan fingerprint density at radius 2 is 2.20 bits per heavy atom. The van der Waals surface area contributed by atoms with Gasteiger partial charge in [0.1, 0.15) is 12.4 Å². The summed E-state index contributed by atoms with van der Waals surface area (Å²) in [4.78, 5) is 10.5. The first-order chi connectivity index (χ1) is 7.15. The minimum atomic E-state index is -1.06. The van der Waals surface area contributed by atoms with Crippen molar-refractivity contribution in [2.24, 2.45) is 0 Å². The molecule has 0 bridgehead atoms. The number of hydrogen-bond donors (Lipinski definition) is 1. The van der Waals surface area contributed by atoms with Crippen molar-refractivity contribution >= 4 is 17.6 Å². The molecule has 0 radical (unpaired) electrons. The van der Waals surface area contributed by atoms with Crippen molar-refractivity contribution in [1.82, 2.24) is 0 Å². The largest absolute Gasteiger partial charge is 0.491 e. The highest BCUT2D eigenvalue weighted by Gasteiger charge is 2.14. The highest BCUT2D eigenvalue weighted by molar-refractivity contribution is 6.29. The van der Waals surface area contributed by atoms with Gasteiger partial charge in [0, 0.05) is 0 Å². The van der Waals surface area contributed by atoms with Gasteiger partial charge in [0.05, 0.1) is 0 Å². The summed E-state index contributed by atoms with van der Waals surface area (Å²) in [6.45, 7) is 1.99. The Kier molecular flexibility index (Phi) is 4.43. The van der Waals surface area contributed by atoms with Gasteiger partial charge in [0.25, 0.3) is 0 Å². The zero-order valence-corrected chi connectivity index (χ0v) is 9.20. The van der Waals surface area contributed by atoms with E-state index in [4.69, 9.17) is 21.4 Å². The Labute approximate surface area is 93.6 Å². The average Bonchev–Trinajstić information content (AvgIpc) is 2.26. The molecule has 0 fully saturated rings. The molecule has 0 aromatic heterocycles. The summed E-state index contributed by atoms with van der Waals surface area (Å²) >= 11 is 5.54. The third-order valence-electron chi connectivity index (χ3n) is 2.01. The zero-order valence-electron chi connectivity index (χ0n) is 8.44. The maximum absolute atomic E-state index is 10.5. The summed E-state index contributed by atoms with van der Waals surface area (Å²) in [6.07, 6.45) is 0.843. The topological polar surface area (TPSA) is 46.5 Å². The predicted molar refractivity (Wildman–Crippen MR) is 58.6 cm³/mol. The van der Waals surface area contributed by atoms with Crippen molar-refractivity contribution in [3.63, 3.8) is 0 Å². The SMILES string of the molecule is CCc1ccccc1OCC(Cl)C(=O)O. The number of para-hydroxylation sites is 1. The number of hydrogen-bond acceptors (Lipinski definition) is 2. The number of rotatable bonds is 5. The van der Waals surface area contributed by atoms with Crippen molar-refractivity contribution in [2.45, 2.75) is 18.7 Å². The van der Waals surface area contributed by atoms with Gasteiger partial charge in [-0.3, -0.25) is 4.79 Å². The van der Waals surface area contributed by atoms with E-state index in [-0.39, 0.29) is 6.61 Å². The van der Waals surface area contributed by atoms with Crippen LogP contribution < -0.4 is 4.74 Å². The summed E-state index contributed by atoms with van der Waals surface area (Å²) in [5.41, 5.74) is 1.05. The second kappa shape index (κ2) is 5.61. The summed E-state index contributed by atoms with van der Waals surface area (Å²) in [5.74, 6) is -0.363. The minimum absolute atomic E-state index is 0.0199. The van der Waals surface area contributed by atoms with Crippen LogP contribution in [-0.2, 0) is 11.2 Å². The molecule has 0 aliphatic rings. The summed E-state index contributed by atoms with van der Waals surface area (Å²) in [7, 11) is 0. The summed E-state index contributed by atoms with van der Waals surface area (Å²) in [6, 6.07) is 7.52. The molecule has 0 saturated carbocycles. The van der Waals surface area contributed by atoms with Gasteiger partial charge in [-0.2, -0.15) is 0 Å². The average molecular weight is 229 g/mol. The monoisotopic (exact) mass is 228 g/mol. The molecular formula is C11H13ClO3. The number of carbonyl (C=O) groups is 1. The minimum Gasteiger partial charge on any atom is -0.491 e. The van der Waals surface area contributed by atoms with E-state index < -0.39 is 11.3 Å². The molecule has 1 rings (SSSR count). The van der Waals surface area contributed by atoms with Crippen LogP contribution in [0.25, 0.3) is 0 Å². The molecule has 1 N–H and O–H groups in total. The van der Waals surface area contributed by atoms with Crippen molar-refractivity contribution in [1.29, 1.82) is 0 Å². The van der Waals surface area contributed by atoms with E-state index in [0.717, 1.165) is 12.0 Å². The van der Waals surface area contributed by atoms with Gasteiger partial charge in [-0.25, -0.2) is 0 Å². The van der Waals surface area contributed by atoms with E-state index in [1.54, 1.807) is 0 Å². The third-order valence-corrected chi connectivity index (χ3v) is 2.32. The van der Waals surface area contributed by atoms with Gasteiger partial charge in [-0.1, -0.05) is 25.1 Å². The van der Waals surface area contributed by atoms with Gasteiger partial charge >= 0.3 is 5.97 Å². The van der Waals surface area contributed by atoms with E-state index in [1.165, 1.54) is 0 Å². The molecule has 0 amide bonds. The number of benzene rings is 1. The van der Waals surface area contributed by atoms with Crippen molar-refractivity contribution < 1.29 is 14.6 Å². The Morgan fingerprint density at radius 3 is 2.80 bits per heavy atom. The Bertz CT molecular complexity index is 338. The van der Waals surface area contributed by atoms with E-state index in [2.05, 4.69) is 0 Å². The lowest BCUT2D eigenvalue weighted by molar-refractivity contribution is -0.137. The zero-order chi connectivity index (χ0) is 11.3. The molecule has 0 saturated heterocycles. The summed E-state index contributed by atoms with van der Waals surface area (Å²) in [5, 5.41) is 7.57. The molecule has 0 heterocycles. The smallest absolute Gasteiger partial charge is 0.325 e. The van der Waals surface area contributed by atoms with Crippen molar-refractivity contribution in [3.8, 4) is 5.75 Å². The molecule has 15 heavy (non-hydrogen) atoms. The molecule has 0 aliphatic carbocycles. The maximum Gasteiger partial charge on any atom is 0.325 e. The van der Waals surface area contributed by atoms with Gasteiger partial charge in [-0.15, -0.1) is 11.6 Å².